The second kappa shape index (κ2) is 9.69. The van der Waals surface area contributed by atoms with Crippen LogP contribution < -0.4 is 0 Å². The Labute approximate surface area is 113 Å². The fraction of sp³-hybridized carbons (Fsp3) is 0.769. The Balaban J connectivity index is 5.02. The molecule has 112 valence electrons. The van der Waals surface area contributed by atoms with E-state index in [9.17, 15) is 13.3 Å². The van der Waals surface area contributed by atoms with Crippen LogP contribution in [0.5, 0.6) is 0 Å². The first-order valence-corrected chi connectivity index (χ1v) is 6.57. The van der Waals surface area contributed by atoms with Crippen molar-refractivity contribution in [1.82, 2.24) is 4.90 Å². The summed E-state index contributed by atoms with van der Waals surface area (Å²) in [5.41, 5.74) is 0. The molecule has 0 aromatic rings. The van der Waals surface area contributed by atoms with Crippen molar-refractivity contribution in [3.63, 3.8) is 0 Å². The van der Waals surface area contributed by atoms with Crippen LogP contribution in [0, 0.1) is 0 Å². The zero-order valence-corrected chi connectivity index (χ0v) is 12.0. The second-order valence-corrected chi connectivity index (χ2v) is 4.60. The molecule has 6 heteroatoms. The molecular formula is C13H23F3N2O. The summed E-state index contributed by atoms with van der Waals surface area (Å²) in [6.45, 7) is 3.97. The van der Waals surface area contributed by atoms with Gasteiger partial charge in [-0.1, -0.05) is 33.1 Å². The Bertz CT molecular complexity index is 317. The second-order valence-electron chi connectivity index (χ2n) is 4.60. The number of rotatable bonds is 9. The molecule has 0 aromatic heterocycles. The van der Waals surface area contributed by atoms with E-state index in [0.29, 0.717) is 12.8 Å². The zero-order valence-electron chi connectivity index (χ0n) is 12.0. The van der Waals surface area contributed by atoms with Crippen LogP contribution in [0.15, 0.2) is 16.7 Å². The maximum Gasteiger partial charge on any atom is 0.278 e. The van der Waals surface area contributed by atoms with E-state index in [2.05, 4.69) is 9.93 Å². The minimum absolute atomic E-state index is 0.273. The van der Waals surface area contributed by atoms with Gasteiger partial charge in [0.05, 0.1) is 6.04 Å². The van der Waals surface area contributed by atoms with Gasteiger partial charge in [-0.15, -0.1) is 0 Å². The lowest BCUT2D eigenvalue weighted by atomic mass is 10.1. The summed E-state index contributed by atoms with van der Waals surface area (Å²) in [6.07, 6.45) is 4.06. The van der Waals surface area contributed by atoms with Crippen molar-refractivity contribution in [2.75, 3.05) is 14.1 Å². The maximum atomic E-state index is 13.7. The minimum atomic E-state index is -1.23. The predicted octanol–water partition coefficient (Wildman–Crippen LogP) is 4.31. The molecule has 0 radical (unpaired) electrons. The van der Waals surface area contributed by atoms with Crippen molar-refractivity contribution in [2.45, 2.75) is 52.0 Å². The molecule has 0 aliphatic carbocycles. The topological polar surface area (TPSA) is 24.8 Å². The highest BCUT2D eigenvalue weighted by molar-refractivity contribution is 5.90. The highest BCUT2D eigenvalue weighted by atomic mass is 19.3. The molecule has 0 aromatic carbocycles. The first-order chi connectivity index (χ1) is 8.97. The van der Waals surface area contributed by atoms with Crippen molar-refractivity contribution in [1.29, 1.82) is 0 Å². The van der Waals surface area contributed by atoms with Crippen LogP contribution in [0.2, 0.25) is 0 Å². The summed E-state index contributed by atoms with van der Waals surface area (Å²) in [5.74, 6) is -3.46. The number of hydrogen-bond donors (Lipinski definition) is 0. The van der Waals surface area contributed by atoms with Gasteiger partial charge in [0.25, 0.3) is 11.7 Å². The van der Waals surface area contributed by atoms with Gasteiger partial charge in [-0.2, -0.15) is 8.78 Å². The number of aliphatic imine (C=N–C) groups is 1. The molecule has 3 nitrogen and oxygen atoms in total. The van der Waals surface area contributed by atoms with E-state index < -0.39 is 17.7 Å². The normalized spacial score (nSPS) is 15.0. The van der Waals surface area contributed by atoms with E-state index >= 15 is 0 Å². The molecule has 0 aliphatic rings. The van der Waals surface area contributed by atoms with Crippen LogP contribution in [-0.2, 0) is 4.94 Å². The number of allylic oxidation sites excluding steroid dienone is 1. The highest BCUT2D eigenvalue weighted by Gasteiger charge is 2.20. The van der Waals surface area contributed by atoms with Gasteiger partial charge < -0.3 is 4.90 Å². The van der Waals surface area contributed by atoms with E-state index in [4.69, 9.17) is 0 Å². The third-order valence-electron chi connectivity index (χ3n) is 2.65. The molecule has 0 heterocycles. The predicted molar refractivity (Wildman–Crippen MR) is 70.8 cm³/mol. The highest BCUT2D eigenvalue weighted by Crippen LogP contribution is 2.18. The monoisotopic (exact) mass is 280 g/mol. The average molecular weight is 280 g/mol. The van der Waals surface area contributed by atoms with Gasteiger partial charge in [0.2, 0.25) is 5.95 Å². The van der Waals surface area contributed by atoms with Gasteiger partial charge in [-0.3, -0.25) is 9.93 Å². The van der Waals surface area contributed by atoms with Gasteiger partial charge >= 0.3 is 0 Å². The fourth-order valence-electron chi connectivity index (χ4n) is 1.62. The summed E-state index contributed by atoms with van der Waals surface area (Å²) >= 11 is 0. The Morgan fingerprint density at radius 3 is 2.21 bits per heavy atom. The van der Waals surface area contributed by atoms with Crippen molar-refractivity contribution in [2.24, 2.45) is 4.99 Å². The average Bonchev–Trinajstić information content (AvgIpc) is 2.36. The number of nitrogens with zero attached hydrogens (tertiary/aromatic N) is 2. The number of hydrogen-bond acceptors (Lipinski definition) is 3. The fourth-order valence-corrected chi connectivity index (χ4v) is 1.62. The van der Waals surface area contributed by atoms with Gasteiger partial charge in [0.1, 0.15) is 0 Å². The SMILES string of the molecule is CCCCC(CCC)N=C(F)/C(OF)=C(/F)N(C)C. The van der Waals surface area contributed by atoms with Crippen LogP contribution in [0.1, 0.15) is 46.0 Å². The minimum Gasteiger partial charge on any atom is -0.351 e. The Hall–Kier alpha value is -1.20. The van der Waals surface area contributed by atoms with Crippen LogP contribution in [0.25, 0.3) is 0 Å². The van der Waals surface area contributed by atoms with Crippen molar-refractivity contribution in [3.8, 4) is 0 Å². The lowest BCUT2D eigenvalue weighted by Crippen LogP contribution is -2.15. The van der Waals surface area contributed by atoms with Crippen LogP contribution in [0.3, 0.4) is 0 Å². The van der Waals surface area contributed by atoms with Crippen molar-refractivity contribution in [3.05, 3.63) is 11.7 Å². The molecule has 0 saturated carbocycles. The van der Waals surface area contributed by atoms with Crippen LogP contribution in [0.4, 0.5) is 13.3 Å². The van der Waals surface area contributed by atoms with Gasteiger partial charge in [0.15, 0.2) is 0 Å². The third kappa shape index (κ3) is 6.50. The van der Waals surface area contributed by atoms with Gasteiger partial charge in [-0.05, 0) is 12.8 Å². The summed E-state index contributed by atoms with van der Waals surface area (Å²) in [4.78, 5) is 7.94. The number of unbranched alkanes of at least 4 members (excludes halogenated alkanes) is 1. The largest absolute Gasteiger partial charge is 0.351 e. The Kier molecular flexibility index (Phi) is 9.08. The molecular weight excluding hydrogens is 257 g/mol. The lowest BCUT2D eigenvalue weighted by Gasteiger charge is -2.13. The molecule has 0 fully saturated rings. The summed E-state index contributed by atoms with van der Waals surface area (Å²) in [7, 11) is 2.64. The molecule has 0 bridgehead atoms. The molecule has 0 rings (SSSR count). The van der Waals surface area contributed by atoms with Crippen molar-refractivity contribution >= 4 is 5.97 Å². The molecule has 0 amide bonds. The Morgan fingerprint density at radius 1 is 1.16 bits per heavy atom. The lowest BCUT2D eigenvalue weighted by molar-refractivity contribution is -0.0802. The molecule has 1 atom stereocenters. The van der Waals surface area contributed by atoms with E-state index in [1.54, 1.807) is 0 Å². The van der Waals surface area contributed by atoms with Gasteiger partial charge in [-0.25, -0.2) is 0 Å². The maximum absolute atomic E-state index is 13.7. The van der Waals surface area contributed by atoms with Gasteiger partial charge in [0, 0.05) is 18.6 Å². The molecule has 1 unspecified atom stereocenters. The van der Waals surface area contributed by atoms with E-state index in [0.717, 1.165) is 24.2 Å². The molecule has 0 N–H and O–H groups in total. The molecule has 0 aliphatic heterocycles. The first-order valence-electron chi connectivity index (χ1n) is 6.57. The molecule has 0 saturated heterocycles. The van der Waals surface area contributed by atoms with E-state index in [1.807, 2.05) is 13.8 Å². The quantitative estimate of drug-likeness (QED) is 0.357. The van der Waals surface area contributed by atoms with Crippen LogP contribution in [-0.4, -0.2) is 31.0 Å². The summed E-state index contributed by atoms with van der Waals surface area (Å²) in [5, 5.41) is 0. The third-order valence-corrected chi connectivity index (χ3v) is 2.65. The van der Waals surface area contributed by atoms with Crippen molar-refractivity contribution < 1.29 is 18.2 Å². The first kappa shape index (κ1) is 17.8. The summed E-state index contributed by atoms with van der Waals surface area (Å²) < 4.78 is 39.5. The molecule has 0 spiro atoms. The van der Waals surface area contributed by atoms with E-state index in [1.165, 1.54) is 14.1 Å². The van der Waals surface area contributed by atoms with E-state index in [-0.39, 0.29) is 6.04 Å². The smallest absolute Gasteiger partial charge is 0.278 e. The Morgan fingerprint density at radius 2 is 1.79 bits per heavy atom. The molecule has 19 heavy (non-hydrogen) atoms. The number of halogens is 3. The summed E-state index contributed by atoms with van der Waals surface area (Å²) in [6, 6.07) is -0.273. The standard InChI is InChI=1S/C13H23F3N2O/c1-5-7-9-10(8-6-2)17-12(14)11(19-16)13(15)18(3)4/h10H,5-9H2,1-4H3/b13-11+,17-12?. The van der Waals surface area contributed by atoms with Crippen LogP contribution >= 0.6 is 0 Å². The zero-order chi connectivity index (χ0) is 14.8.